The minimum Gasteiger partial charge on any atom is -0.421 e. The third-order valence-corrected chi connectivity index (χ3v) is 6.28. The zero-order valence-electron chi connectivity index (χ0n) is 20.3. The van der Waals surface area contributed by atoms with Crippen LogP contribution in [0.25, 0.3) is 11.1 Å². The minimum atomic E-state index is -1.87. The Morgan fingerprint density at radius 2 is 1.15 bits per heavy atom. The number of aliphatic hydroxyl groups is 1. The van der Waals surface area contributed by atoms with Gasteiger partial charge in [-0.15, -0.1) is 0 Å². The van der Waals surface area contributed by atoms with Crippen molar-refractivity contribution in [2.24, 2.45) is 0 Å². The van der Waals surface area contributed by atoms with E-state index in [2.05, 4.69) is 53.7 Å². The Morgan fingerprint density at radius 1 is 0.667 bits per heavy atom. The normalized spacial score (nSPS) is 19.1. The van der Waals surface area contributed by atoms with E-state index in [1.807, 2.05) is 66.7 Å². The van der Waals surface area contributed by atoms with Crippen molar-refractivity contribution < 1.29 is 14.6 Å². The van der Waals surface area contributed by atoms with Gasteiger partial charge >= 0.3 is 5.97 Å². The van der Waals surface area contributed by atoms with Crippen molar-refractivity contribution in [1.82, 2.24) is 0 Å². The quantitative estimate of drug-likeness (QED) is 0.467. The molecule has 3 aromatic rings. The van der Waals surface area contributed by atoms with Gasteiger partial charge in [0.15, 0.2) is 0 Å². The van der Waals surface area contributed by atoms with Crippen LogP contribution in [0.2, 0.25) is 0 Å². The standard InChI is InChI=1S/C30H32O3/c1-28(2,3)22-14-12-21(13-15-22)26-25(20-10-8-7-9-11-20)27(31)33-30(26,32)24-18-16-23(17-19-24)29(4,5)6/h7-19,32H,1-6H3. The molecule has 3 nitrogen and oxygen atoms in total. The van der Waals surface area contributed by atoms with Gasteiger partial charge in [-0.25, -0.2) is 4.79 Å². The molecule has 0 saturated carbocycles. The molecule has 1 atom stereocenters. The number of benzene rings is 3. The van der Waals surface area contributed by atoms with E-state index in [1.54, 1.807) is 0 Å². The van der Waals surface area contributed by atoms with E-state index in [1.165, 1.54) is 5.56 Å². The first-order valence-electron chi connectivity index (χ1n) is 11.4. The molecule has 1 aliphatic rings. The van der Waals surface area contributed by atoms with Crippen LogP contribution in [0.1, 0.15) is 69.4 Å². The molecule has 0 aromatic heterocycles. The van der Waals surface area contributed by atoms with E-state index in [-0.39, 0.29) is 10.8 Å². The first-order valence-corrected chi connectivity index (χ1v) is 11.4. The number of hydrogen-bond donors (Lipinski definition) is 1. The summed E-state index contributed by atoms with van der Waals surface area (Å²) in [5, 5.41) is 11.9. The van der Waals surface area contributed by atoms with Crippen LogP contribution < -0.4 is 0 Å². The van der Waals surface area contributed by atoms with Crippen LogP contribution >= 0.6 is 0 Å². The van der Waals surface area contributed by atoms with Crippen molar-refractivity contribution in [2.75, 3.05) is 0 Å². The lowest BCUT2D eigenvalue weighted by molar-refractivity contribution is -0.178. The fourth-order valence-electron chi connectivity index (χ4n) is 4.25. The monoisotopic (exact) mass is 440 g/mol. The Kier molecular flexibility index (Phi) is 5.58. The van der Waals surface area contributed by atoms with Crippen molar-refractivity contribution in [3.05, 3.63) is 107 Å². The molecule has 0 spiro atoms. The average molecular weight is 441 g/mol. The largest absolute Gasteiger partial charge is 0.421 e. The lowest BCUT2D eigenvalue weighted by Crippen LogP contribution is -2.28. The van der Waals surface area contributed by atoms with Crippen LogP contribution in [0.5, 0.6) is 0 Å². The molecule has 0 radical (unpaired) electrons. The second-order valence-corrected chi connectivity index (χ2v) is 10.8. The van der Waals surface area contributed by atoms with E-state index in [9.17, 15) is 9.90 Å². The molecule has 1 aliphatic heterocycles. The van der Waals surface area contributed by atoms with Crippen LogP contribution in [0.3, 0.4) is 0 Å². The van der Waals surface area contributed by atoms with Gasteiger partial charge in [-0.1, -0.05) is 120 Å². The Balaban J connectivity index is 1.92. The zero-order chi connectivity index (χ0) is 24.0. The topological polar surface area (TPSA) is 46.5 Å². The highest BCUT2D eigenvalue weighted by molar-refractivity contribution is 6.28. The van der Waals surface area contributed by atoms with E-state index < -0.39 is 11.8 Å². The van der Waals surface area contributed by atoms with E-state index >= 15 is 0 Å². The number of hydrogen-bond acceptors (Lipinski definition) is 3. The molecule has 0 fully saturated rings. The van der Waals surface area contributed by atoms with Crippen molar-refractivity contribution in [3.63, 3.8) is 0 Å². The SMILES string of the molecule is CC(C)(C)c1ccc(C2=C(c3ccccc3)C(=O)OC2(O)c2ccc(C(C)(C)C)cc2)cc1. The van der Waals surface area contributed by atoms with Gasteiger partial charge in [0.1, 0.15) is 0 Å². The summed E-state index contributed by atoms with van der Waals surface area (Å²) in [5.74, 6) is -2.40. The van der Waals surface area contributed by atoms with Gasteiger partial charge in [-0.05, 0) is 33.1 Å². The first kappa shape index (κ1) is 23.0. The third-order valence-electron chi connectivity index (χ3n) is 6.28. The van der Waals surface area contributed by atoms with Crippen molar-refractivity contribution in [2.45, 2.75) is 58.2 Å². The number of carbonyl (C=O) groups excluding carboxylic acids is 1. The lowest BCUT2D eigenvalue weighted by atomic mass is 9.82. The van der Waals surface area contributed by atoms with Crippen LogP contribution in [0.4, 0.5) is 0 Å². The fourth-order valence-corrected chi connectivity index (χ4v) is 4.25. The maximum atomic E-state index is 13.2. The smallest absolute Gasteiger partial charge is 0.342 e. The van der Waals surface area contributed by atoms with Gasteiger partial charge < -0.3 is 9.84 Å². The molecule has 0 aliphatic carbocycles. The van der Waals surface area contributed by atoms with Crippen LogP contribution in [0.15, 0.2) is 78.9 Å². The highest BCUT2D eigenvalue weighted by atomic mass is 16.7. The fraction of sp³-hybridized carbons (Fsp3) is 0.300. The zero-order valence-corrected chi connectivity index (χ0v) is 20.3. The Morgan fingerprint density at radius 3 is 1.64 bits per heavy atom. The molecule has 170 valence electrons. The lowest BCUT2D eigenvalue weighted by Gasteiger charge is -2.27. The summed E-state index contributed by atoms with van der Waals surface area (Å²) in [5.41, 5.74) is 5.17. The molecule has 0 bridgehead atoms. The second kappa shape index (κ2) is 8.00. The number of ether oxygens (including phenoxy) is 1. The summed E-state index contributed by atoms with van der Waals surface area (Å²) in [4.78, 5) is 13.2. The predicted molar refractivity (Wildman–Crippen MR) is 134 cm³/mol. The number of carbonyl (C=O) groups is 1. The maximum absolute atomic E-state index is 13.2. The molecule has 0 saturated heterocycles. The Hall–Kier alpha value is -3.17. The summed E-state index contributed by atoms with van der Waals surface area (Å²) < 4.78 is 5.73. The highest BCUT2D eigenvalue weighted by Gasteiger charge is 2.49. The number of cyclic esters (lactones) is 1. The molecule has 1 heterocycles. The Bertz CT molecular complexity index is 1190. The van der Waals surface area contributed by atoms with Gasteiger partial charge in [-0.3, -0.25) is 0 Å². The average Bonchev–Trinajstić information content (AvgIpc) is 3.04. The van der Waals surface area contributed by atoms with E-state index in [4.69, 9.17) is 4.74 Å². The molecule has 3 heteroatoms. The maximum Gasteiger partial charge on any atom is 0.342 e. The van der Waals surface area contributed by atoms with Crippen molar-refractivity contribution in [3.8, 4) is 0 Å². The molecular weight excluding hydrogens is 408 g/mol. The van der Waals surface area contributed by atoms with Crippen LogP contribution in [-0.2, 0) is 26.1 Å². The van der Waals surface area contributed by atoms with E-state index in [0.29, 0.717) is 16.7 Å². The summed E-state index contributed by atoms with van der Waals surface area (Å²) in [6, 6.07) is 25.1. The summed E-state index contributed by atoms with van der Waals surface area (Å²) >= 11 is 0. The molecule has 1 unspecified atom stereocenters. The van der Waals surface area contributed by atoms with Crippen molar-refractivity contribution in [1.29, 1.82) is 0 Å². The highest BCUT2D eigenvalue weighted by Crippen LogP contribution is 2.48. The Labute approximate surface area is 196 Å². The van der Waals surface area contributed by atoms with Crippen molar-refractivity contribution >= 4 is 17.1 Å². The number of esters is 1. The van der Waals surface area contributed by atoms with Gasteiger partial charge in [0.05, 0.1) is 11.1 Å². The summed E-state index contributed by atoms with van der Waals surface area (Å²) in [6.45, 7) is 12.9. The summed E-state index contributed by atoms with van der Waals surface area (Å²) in [6.07, 6.45) is 0. The van der Waals surface area contributed by atoms with Crippen LogP contribution in [-0.4, -0.2) is 11.1 Å². The van der Waals surface area contributed by atoms with Gasteiger partial charge in [-0.2, -0.15) is 0 Å². The van der Waals surface area contributed by atoms with E-state index in [0.717, 1.165) is 16.7 Å². The molecule has 3 aromatic carbocycles. The molecule has 33 heavy (non-hydrogen) atoms. The first-order chi connectivity index (χ1) is 15.4. The van der Waals surface area contributed by atoms with Gasteiger partial charge in [0.25, 0.3) is 5.79 Å². The molecule has 0 amide bonds. The molecule has 1 N–H and O–H groups in total. The summed E-state index contributed by atoms with van der Waals surface area (Å²) in [7, 11) is 0. The number of rotatable bonds is 3. The van der Waals surface area contributed by atoms with Gasteiger partial charge in [0, 0.05) is 5.56 Å². The molecular formula is C30H32O3. The van der Waals surface area contributed by atoms with Crippen LogP contribution in [0, 0.1) is 0 Å². The second-order valence-electron chi connectivity index (χ2n) is 10.8. The van der Waals surface area contributed by atoms with Gasteiger partial charge in [0.2, 0.25) is 0 Å². The third kappa shape index (κ3) is 4.26. The predicted octanol–water partition coefficient (Wildman–Crippen LogP) is 6.59. The molecule has 4 rings (SSSR count). The minimum absolute atomic E-state index is 0.00371.